The van der Waals surface area contributed by atoms with Crippen molar-refractivity contribution in [2.75, 3.05) is 12.0 Å². The van der Waals surface area contributed by atoms with Gasteiger partial charge in [-0.05, 0) is 39.3 Å². The molecule has 100 valence electrons. The van der Waals surface area contributed by atoms with Crippen molar-refractivity contribution in [1.29, 1.82) is 0 Å². The highest BCUT2D eigenvalue weighted by Crippen LogP contribution is 2.14. The molecule has 3 N–H and O–H groups in total. The minimum absolute atomic E-state index is 0.0221. The molecule has 0 bridgehead atoms. The molecule has 0 aliphatic carbocycles. The maximum Gasteiger partial charge on any atom is 0.254 e. The molecule has 5 heteroatoms. The van der Waals surface area contributed by atoms with Gasteiger partial charge in [0.2, 0.25) is 0 Å². The zero-order chi connectivity index (χ0) is 13.7. The fraction of sp³-hybridized carbons (Fsp3) is 0.538. The smallest absolute Gasteiger partial charge is 0.254 e. The summed E-state index contributed by atoms with van der Waals surface area (Å²) in [5.41, 5.74) is 3.88. The summed E-state index contributed by atoms with van der Waals surface area (Å²) in [5.74, 6) is 5.88. The number of aryl methyl sites for hydroxylation is 1. The van der Waals surface area contributed by atoms with Crippen LogP contribution in [0, 0.1) is 6.92 Å². The highest BCUT2D eigenvalue weighted by atomic mass is 16.2. The van der Waals surface area contributed by atoms with Gasteiger partial charge in [-0.3, -0.25) is 4.79 Å². The highest BCUT2D eigenvalue weighted by Gasteiger charge is 2.19. The second-order valence-corrected chi connectivity index (χ2v) is 4.38. The van der Waals surface area contributed by atoms with Gasteiger partial charge in [-0.1, -0.05) is 6.92 Å². The Morgan fingerprint density at radius 2 is 2.17 bits per heavy atom. The molecule has 1 rings (SSSR count). The topological polar surface area (TPSA) is 71.2 Å². The van der Waals surface area contributed by atoms with E-state index in [-0.39, 0.29) is 11.9 Å². The van der Waals surface area contributed by atoms with Crippen molar-refractivity contribution < 1.29 is 4.79 Å². The fourth-order valence-corrected chi connectivity index (χ4v) is 1.91. The lowest BCUT2D eigenvalue weighted by Crippen LogP contribution is -2.38. The first-order valence-electron chi connectivity index (χ1n) is 6.29. The predicted molar refractivity (Wildman–Crippen MR) is 73.2 cm³/mol. The number of nitrogens with zero attached hydrogens (tertiary/aromatic N) is 2. The third-order valence-electron chi connectivity index (χ3n) is 3.07. The molecule has 1 heterocycles. The molecule has 1 amide bonds. The Hall–Kier alpha value is -1.62. The van der Waals surface area contributed by atoms with Gasteiger partial charge in [-0.2, -0.15) is 0 Å². The summed E-state index contributed by atoms with van der Waals surface area (Å²) in [6.07, 6.45) is 0.936. The molecule has 0 aliphatic rings. The zero-order valence-electron chi connectivity index (χ0n) is 11.5. The minimum atomic E-state index is 0.0221. The SMILES string of the molecule is CCC(C)N(CC)C(=O)c1cc(C)nc(NN)c1. The molecule has 1 aromatic heterocycles. The number of nitrogen functional groups attached to an aromatic ring is 1. The van der Waals surface area contributed by atoms with Gasteiger partial charge in [0.1, 0.15) is 5.82 Å². The van der Waals surface area contributed by atoms with Crippen LogP contribution in [-0.2, 0) is 0 Å². The van der Waals surface area contributed by atoms with E-state index < -0.39 is 0 Å². The Bertz CT molecular complexity index is 419. The van der Waals surface area contributed by atoms with Crippen LogP contribution in [0.25, 0.3) is 0 Å². The predicted octanol–water partition coefficient (Wildman–Crippen LogP) is 1.94. The molecule has 1 aromatic rings. The lowest BCUT2D eigenvalue weighted by Gasteiger charge is -2.27. The largest absolute Gasteiger partial charge is 0.336 e. The number of pyridine rings is 1. The van der Waals surface area contributed by atoms with Crippen LogP contribution in [-0.4, -0.2) is 28.4 Å². The number of hydrogen-bond acceptors (Lipinski definition) is 4. The van der Waals surface area contributed by atoms with E-state index in [9.17, 15) is 4.79 Å². The number of hydrogen-bond donors (Lipinski definition) is 2. The Kier molecular flexibility index (Phi) is 5.09. The quantitative estimate of drug-likeness (QED) is 0.619. The molecule has 0 spiro atoms. The molecular weight excluding hydrogens is 228 g/mol. The Labute approximate surface area is 108 Å². The van der Waals surface area contributed by atoms with Crippen molar-refractivity contribution in [2.24, 2.45) is 5.84 Å². The van der Waals surface area contributed by atoms with Crippen LogP contribution in [0.4, 0.5) is 5.82 Å². The number of nitrogens with one attached hydrogen (secondary N) is 1. The third-order valence-corrected chi connectivity index (χ3v) is 3.07. The van der Waals surface area contributed by atoms with Crippen LogP contribution in [0.1, 0.15) is 43.2 Å². The summed E-state index contributed by atoms with van der Waals surface area (Å²) >= 11 is 0. The zero-order valence-corrected chi connectivity index (χ0v) is 11.5. The summed E-state index contributed by atoms with van der Waals surface area (Å²) in [5, 5.41) is 0. The Morgan fingerprint density at radius 3 is 2.67 bits per heavy atom. The summed E-state index contributed by atoms with van der Waals surface area (Å²) < 4.78 is 0. The fourth-order valence-electron chi connectivity index (χ4n) is 1.91. The van der Waals surface area contributed by atoms with Gasteiger partial charge in [-0.15, -0.1) is 0 Å². The maximum atomic E-state index is 12.4. The lowest BCUT2D eigenvalue weighted by atomic mass is 10.1. The van der Waals surface area contributed by atoms with Gasteiger partial charge in [0, 0.05) is 23.8 Å². The van der Waals surface area contributed by atoms with Crippen LogP contribution < -0.4 is 11.3 Å². The van der Waals surface area contributed by atoms with Crippen molar-refractivity contribution >= 4 is 11.7 Å². The number of carbonyl (C=O) groups is 1. The van der Waals surface area contributed by atoms with E-state index >= 15 is 0 Å². The van der Waals surface area contributed by atoms with Crippen LogP contribution in [0.2, 0.25) is 0 Å². The van der Waals surface area contributed by atoms with E-state index in [1.807, 2.05) is 18.7 Å². The summed E-state index contributed by atoms with van der Waals surface area (Å²) in [7, 11) is 0. The highest BCUT2D eigenvalue weighted by molar-refractivity contribution is 5.95. The van der Waals surface area contributed by atoms with E-state index in [0.717, 1.165) is 12.1 Å². The second kappa shape index (κ2) is 6.35. The number of amides is 1. The van der Waals surface area contributed by atoms with Crippen molar-refractivity contribution in [3.05, 3.63) is 23.4 Å². The Balaban J connectivity index is 3.05. The van der Waals surface area contributed by atoms with Gasteiger partial charge in [0.05, 0.1) is 0 Å². The molecule has 1 unspecified atom stereocenters. The van der Waals surface area contributed by atoms with Crippen molar-refractivity contribution in [1.82, 2.24) is 9.88 Å². The number of carbonyl (C=O) groups excluding carboxylic acids is 1. The lowest BCUT2D eigenvalue weighted by molar-refractivity contribution is 0.0700. The number of hydrazine groups is 1. The molecule has 18 heavy (non-hydrogen) atoms. The molecule has 0 fully saturated rings. The van der Waals surface area contributed by atoms with Gasteiger partial charge in [-0.25, -0.2) is 10.8 Å². The molecule has 0 aliphatic heterocycles. The van der Waals surface area contributed by atoms with Gasteiger partial charge >= 0.3 is 0 Å². The number of rotatable bonds is 5. The Morgan fingerprint density at radius 1 is 1.50 bits per heavy atom. The first kappa shape index (κ1) is 14.4. The van der Waals surface area contributed by atoms with Gasteiger partial charge in [0.15, 0.2) is 0 Å². The van der Waals surface area contributed by atoms with E-state index in [4.69, 9.17) is 5.84 Å². The molecule has 5 nitrogen and oxygen atoms in total. The van der Waals surface area contributed by atoms with E-state index in [2.05, 4.69) is 24.3 Å². The van der Waals surface area contributed by atoms with E-state index in [0.29, 0.717) is 17.9 Å². The normalized spacial score (nSPS) is 12.1. The summed E-state index contributed by atoms with van der Waals surface area (Å²) in [4.78, 5) is 18.5. The number of nitrogens with two attached hydrogens (primary N) is 1. The van der Waals surface area contributed by atoms with Crippen LogP contribution >= 0.6 is 0 Å². The average molecular weight is 250 g/mol. The van der Waals surface area contributed by atoms with Crippen LogP contribution in [0.15, 0.2) is 12.1 Å². The first-order chi connectivity index (χ1) is 8.53. The molecule has 0 radical (unpaired) electrons. The second-order valence-electron chi connectivity index (χ2n) is 4.38. The molecule has 0 aromatic carbocycles. The van der Waals surface area contributed by atoms with Gasteiger partial charge < -0.3 is 10.3 Å². The molecule has 1 atom stereocenters. The van der Waals surface area contributed by atoms with Crippen molar-refractivity contribution in [3.8, 4) is 0 Å². The summed E-state index contributed by atoms with van der Waals surface area (Å²) in [6.45, 7) is 8.65. The maximum absolute atomic E-state index is 12.4. The van der Waals surface area contributed by atoms with Crippen molar-refractivity contribution in [2.45, 2.75) is 40.2 Å². The standard InChI is InChI=1S/C13H22N4O/c1-5-10(4)17(6-2)13(18)11-7-9(3)15-12(8-11)16-14/h7-8,10H,5-6,14H2,1-4H3,(H,15,16). The van der Waals surface area contributed by atoms with Gasteiger partial charge in [0.25, 0.3) is 5.91 Å². The summed E-state index contributed by atoms with van der Waals surface area (Å²) in [6, 6.07) is 3.69. The molecular formula is C13H22N4O. The monoisotopic (exact) mass is 250 g/mol. The number of anilines is 1. The van der Waals surface area contributed by atoms with E-state index in [1.54, 1.807) is 12.1 Å². The molecule has 0 saturated carbocycles. The average Bonchev–Trinajstić information content (AvgIpc) is 2.38. The number of aromatic nitrogens is 1. The third kappa shape index (κ3) is 3.20. The van der Waals surface area contributed by atoms with Crippen LogP contribution in [0.5, 0.6) is 0 Å². The molecule has 0 saturated heterocycles. The van der Waals surface area contributed by atoms with Crippen LogP contribution in [0.3, 0.4) is 0 Å². The minimum Gasteiger partial charge on any atom is -0.336 e. The van der Waals surface area contributed by atoms with E-state index in [1.165, 1.54) is 0 Å². The first-order valence-corrected chi connectivity index (χ1v) is 6.29. The van der Waals surface area contributed by atoms with Crippen molar-refractivity contribution in [3.63, 3.8) is 0 Å².